The fraction of sp³-hybridized carbons (Fsp3) is 0.444. The molecule has 16 heavy (non-hydrogen) atoms. The summed E-state index contributed by atoms with van der Waals surface area (Å²) >= 11 is 1.35. The highest BCUT2D eigenvalue weighted by Crippen LogP contribution is 2.01. The third-order valence-corrected chi connectivity index (χ3v) is 2.71. The van der Waals surface area contributed by atoms with Crippen LogP contribution in [0.25, 0.3) is 0 Å². The molecule has 0 saturated heterocycles. The number of nitrogens with one attached hydrogen (secondary N) is 2. The number of nitrogens with zero attached hydrogens (tertiary/aromatic N) is 1. The van der Waals surface area contributed by atoms with Gasteiger partial charge >= 0.3 is 0 Å². The molecule has 0 aliphatic heterocycles. The molecule has 6 nitrogen and oxygen atoms in total. The summed E-state index contributed by atoms with van der Waals surface area (Å²) in [5, 5.41) is 2.71. The zero-order chi connectivity index (χ0) is 11.8. The van der Waals surface area contributed by atoms with E-state index < -0.39 is 0 Å². The summed E-state index contributed by atoms with van der Waals surface area (Å²) in [6.07, 6.45) is 3.70. The van der Waals surface area contributed by atoms with Crippen LogP contribution in [0.4, 0.5) is 0 Å². The molecule has 0 saturated carbocycles. The Hall–Kier alpha value is -1.50. The molecule has 0 aromatic carbocycles. The highest BCUT2D eigenvalue weighted by Gasteiger charge is 2.03. The van der Waals surface area contributed by atoms with Gasteiger partial charge in [0, 0.05) is 24.6 Å². The minimum atomic E-state index is -0.360. The van der Waals surface area contributed by atoms with Crippen LogP contribution in [0.15, 0.2) is 12.4 Å². The first-order valence-corrected chi connectivity index (χ1v) is 5.95. The molecule has 2 amide bonds. The molecule has 0 aliphatic carbocycles. The zero-order valence-corrected chi connectivity index (χ0v) is 9.55. The van der Waals surface area contributed by atoms with Crippen molar-refractivity contribution in [1.29, 1.82) is 0 Å². The van der Waals surface area contributed by atoms with Crippen molar-refractivity contribution in [3.8, 4) is 0 Å². The van der Waals surface area contributed by atoms with Crippen molar-refractivity contribution in [2.24, 2.45) is 5.73 Å². The van der Waals surface area contributed by atoms with Gasteiger partial charge in [-0.15, -0.1) is 0 Å². The van der Waals surface area contributed by atoms with E-state index in [9.17, 15) is 9.59 Å². The molecule has 0 bridgehead atoms. The van der Waals surface area contributed by atoms with Gasteiger partial charge in [-0.25, -0.2) is 4.98 Å². The predicted molar refractivity (Wildman–Crippen MR) is 61.6 cm³/mol. The summed E-state index contributed by atoms with van der Waals surface area (Å²) in [6, 6.07) is 0. The standard InChI is InChI=1S/C9H14N4O2S/c10-7(14)6-16-4-1-9(15)13-5-8-11-2-3-12-8/h2-3H,1,4-6H2,(H2,10,14)(H,11,12)(H,13,15). The van der Waals surface area contributed by atoms with Gasteiger partial charge < -0.3 is 16.0 Å². The van der Waals surface area contributed by atoms with Gasteiger partial charge in [0.1, 0.15) is 5.82 Å². The van der Waals surface area contributed by atoms with Crippen molar-refractivity contribution in [1.82, 2.24) is 15.3 Å². The molecule has 0 spiro atoms. The lowest BCUT2D eigenvalue weighted by molar-refractivity contribution is -0.121. The molecule has 1 heterocycles. The smallest absolute Gasteiger partial charge is 0.227 e. The number of aromatic nitrogens is 2. The molecule has 1 aromatic rings. The van der Waals surface area contributed by atoms with Crippen LogP contribution < -0.4 is 11.1 Å². The van der Waals surface area contributed by atoms with Gasteiger partial charge in [0.05, 0.1) is 12.3 Å². The van der Waals surface area contributed by atoms with Crippen LogP contribution in [0, 0.1) is 0 Å². The molecule has 88 valence electrons. The van der Waals surface area contributed by atoms with Crippen LogP contribution in [0.1, 0.15) is 12.2 Å². The van der Waals surface area contributed by atoms with Gasteiger partial charge in [-0.3, -0.25) is 9.59 Å². The summed E-state index contributed by atoms with van der Waals surface area (Å²) in [7, 11) is 0. The van der Waals surface area contributed by atoms with E-state index >= 15 is 0 Å². The largest absolute Gasteiger partial charge is 0.369 e. The number of carbonyl (C=O) groups excluding carboxylic acids is 2. The van der Waals surface area contributed by atoms with Crippen LogP contribution in [-0.2, 0) is 16.1 Å². The summed E-state index contributed by atoms with van der Waals surface area (Å²) in [5.74, 6) is 1.14. The van der Waals surface area contributed by atoms with E-state index in [2.05, 4.69) is 15.3 Å². The first kappa shape index (κ1) is 12.6. The van der Waals surface area contributed by atoms with Gasteiger partial charge in [-0.05, 0) is 0 Å². The van der Waals surface area contributed by atoms with Crippen LogP contribution in [0.2, 0.25) is 0 Å². The number of thioether (sulfide) groups is 1. The van der Waals surface area contributed by atoms with Gasteiger partial charge in [0.25, 0.3) is 0 Å². The van der Waals surface area contributed by atoms with Crippen molar-refractivity contribution in [3.63, 3.8) is 0 Å². The summed E-state index contributed by atoms with van der Waals surface area (Å²) in [4.78, 5) is 28.6. The van der Waals surface area contributed by atoms with E-state index in [1.165, 1.54) is 11.8 Å². The number of rotatable bonds is 7. The molecule has 0 radical (unpaired) electrons. The lowest BCUT2D eigenvalue weighted by Gasteiger charge is -2.02. The molecular weight excluding hydrogens is 228 g/mol. The van der Waals surface area contributed by atoms with Crippen molar-refractivity contribution >= 4 is 23.6 Å². The third-order valence-electron chi connectivity index (χ3n) is 1.73. The van der Waals surface area contributed by atoms with E-state index in [1.807, 2.05) is 0 Å². The monoisotopic (exact) mass is 242 g/mol. The highest BCUT2D eigenvalue weighted by molar-refractivity contribution is 7.99. The molecule has 0 unspecified atom stereocenters. The fourth-order valence-corrected chi connectivity index (χ4v) is 1.68. The van der Waals surface area contributed by atoms with Crippen LogP contribution in [0.5, 0.6) is 0 Å². The molecular formula is C9H14N4O2S. The zero-order valence-electron chi connectivity index (χ0n) is 8.73. The number of hydrogen-bond donors (Lipinski definition) is 3. The quantitative estimate of drug-likeness (QED) is 0.568. The number of primary amides is 1. The maximum atomic E-state index is 11.3. The number of aromatic amines is 1. The second-order valence-corrected chi connectivity index (χ2v) is 4.19. The van der Waals surface area contributed by atoms with Gasteiger partial charge in [0.2, 0.25) is 11.8 Å². The second kappa shape index (κ2) is 6.89. The maximum absolute atomic E-state index is 11.3. The number of carbonyl (C=O) groups is 2. The minimum absolute atomic E-state index is 0.0617. The van der Waals surface area contributed by atoms with E-state index in [1.54, 1.807) is 12.4 Å². The van der Waals surface area contributed by atoms with E-state index in [0.717, 1.165) is 5.82 Å². The average molecular weight is 242 g/mol. The Kier molecular flexibility index (Phi) is 5.41. The number of imidazole rings is 1. The first-order valence-electron chi connectivity index (χ1n) is 4.79. The number of H-pyrrole nitrogens is 1. The van der Waals surface area contributed by atoms with Crippen molar-refractivity contribution in [3.05, 3.63) is 18.2 Å². The Morgan fingerprint density at radius 3 is 3.00 bits per heavy atom. The molecule has 0 aliphatic rings. The lowest BCUT2D eigenvalue weighted by atomic mass is 10.4. The maximum Gasteiger partial charge on any atom is 0.227 e. The normalized spacial score (nSPS) is 10.0. The van der Waals surface area contributed by atoms with E-state index in [-0.39, 0.29) is 17.6 Å². The Labute approximate surface area is 97.4 Å². The molecule has 1 rings (SSSR count). The third kappa shape index (κ3) is 5.40. The summed E-state index contributed by atoms with van der Waals surface area (Å²) < 4.78 is 0. The lowest BCUT2D eigenvalue weighted by Crippen LogP contribution is -2.24. The van der Waals surface area contributed by atoms with Crippen molar-refractivity contribution in [2.45, 2.75) is 13.0 Å². The van der Waals surface area contributed by atoms with Crippen LogP contribution in [-0.4, -0.2) is 33.3 Å². The van der Waals surface area contributed by atoms with Crippen LogP contribution in [0.3, 0.4) is 0 Å². The Morgan fingerprint density at radius 2 is 2.38 bits per heavy atom. The molecule has 1 aromatic heterocycles. The van der Waals surface area contributed by atoms with Gasteiger partial charge in [-0.1, -0.05) is 0 Å². The Balaban J connectivity index is 2.05. The second-order valence-electron chi connectivity index (χ2n) is 3.08. The number of hydrogen-bond acceptors (Lipinski definition) is 4. The van der Waals surface area contributed by atoms with E-state index in [4.69, 9.17) is 5.73 Å². The first-order chi connectivity index (χ1) is 7.68. The van der Waals surface area contributed by atoms with E-state index in [0.29, 0.717) is 18.7 Å². The number of nitrogens with two attached hydrogens (primary N) is 1. The molecule has 0 atom stereocenters. The Bertz CT molecular complexity index is 339. The topological polar surface area (TPSA) is 101 Å². The van der Waals surface area contributed by atoms with Gasteiger partial charge in [-0.2, -0.15) is 11.8 Å². The summed E-state index contributed by atoms with van der Waals surface area (Å²) in [5.41, 5.74) is 4.96. The minimum Gasteiger partial charge on any atom is -0.369 e. The number of amides is 2. The predicted octanol–water partition coefficient (Wildman–Crippen LogP) is -0.365. The Morgan fingerprint density at radius 1 is 1.56 bits per heavy atom. The van der Waals surface area contributed by atoms with Crippen molar-refractivity contribution < 1.29 is 9.59 Å². The van der Waals surface area contributed by atoms with Crippen molar-refractivity contribution in [2.75, 3.05) is 11.5 Å². The molecule has 0 fully saturated rings. The molecule has 4 N–H and O–H groups in total. The average Bonchev–Trinajstić information content (AvgIpc) is 2.74. The van der Waals surface area contributed by atoms with Gasteiger partial charge in [0.15, 0.2) is 0 Å². The summed E-state index contributed by atoms with van der Waals surface area (Å²) in [6.45, 7) is 0.395. The SMILES string of the molecule is NC(=O)CSCCC(=O)NCc1ncc[nH]1. The highest BCUT2D eigenvalue weighted by atomic mass is 32.2. The van der Waals surface area contributed by atoms with Crippen LogP contribution >= 0.6 is 11.8 Å². The fourth-order valence-electron chi connectivity index (χ4n) is 1.00. The molecule has 7 heteroatoms.